The topological polar surface area (TPSA) is 3.24 Å². The van der Waals surface area contributed by atoms with Crippen molar-refractivity contribution in [1.82, 2.24) is 4.90 Å². The molecule has 1 heteroatoms. The molecule has 3 rings (SSSR count). The van der Waals surface area contributed by atoms with E-state index < -0.39 is 0 Å². The summed E-state index contributed by atoms with van der Waals surface area (Å²) in [6.45, 7) is 7.47. The van der Waals surface area contributed by atoms with Gasteiger partial charge in [-0.3, -0.25) is 4.90 Å². The largest absolute Gasteiger partial charge is 0.298 e. The Hall–Kier alpha value is -0.0400. The van der Waals surface area contributed by atoms with Crippen LogP contribution < -0.4 is 0 Å². The molecule has 3 aliphatic heterocycles. The molecule has 3 fully saturated rings. The van der Waals surface area contributed by atoms with Crippen LogP contribution in [-0.4, -0.2) is 23.5 Å². The Kier molecular flexibility index (Phi) is 6.19. The first-order chi connectivity index (χ1) is 9.30. The molecule has 3 saturated heterocycles. The van der Waals surface area contributed by atoms with E-state index in [1.165, 1.54) is 90.1 Å². The third-order valence-corrected chi connectivity index (χ3v) is 5.70. The summed E-state index contributed by atoms with van der Waals surface area (Å²) in [5.41, 5.74) is 0.629. The lowest BCUT2D eigenvalue weighted by Crippen LogP contribution is -2.58. The molecule has 19 heavy (non-hydrogen) atoms. The van der Waals surface area contributed by atoms with E-state index in [0.29, 0.717) is 5.54 Å². The lowest BCUT2D eigenvalue weighted by atomic mass is 9.70. The van der Waals surface area contributed by atoms with Gasteiger partial charge in [0.1, 0.15) is 0 Å². The van der Waals surface area contributed by atoms with Crippen LogP contribution in [0.5, 0.6) is 0 Å². The van der Waals surface area contributed by atoms with E-state index in [9.17, 15) is 0 Å². The monoisotopic (exact) mass is 265 g/mol. The number of nitrogens with zero attached hydrogens (tertiary/aromatic N) is 1. The summed E-state index contributed by atoms with van der Waals surface area (Å²) in [6.07, 6.45) is 17.5. The fourth-order valence-electron chi connectivity index (χ4n) is 4.51. The molecule has 1 unspecified atom stereocenters. The molecule has 0 aliphatic carbocycles. The molecule has 0 aromatic heterocycles. The van der Waals surface area contributed by atoms with Crippen LogP contribution in [0.1, 0.15) is 90.9 Å². The van der Waals surface area contributed by atoms with Gasteiger partial charge < -0.3 is 0 Å². The average Bonchev–Trinajstić information content (AvgIpc) is 2.45. The van der Waals surface area contributed by atoms with Crippen LogP contribution in [0.2, 0.25) is 0 Å². The molecule has 1 nitrogen and oxygen atoms in total. The summed E-state index contributed by atoms with van der Waals surface area (Å²) in [6, 6.07) is 0. The second-order valence-corrected chi connectivity index (χ2v) is 7.13. The molecule has 3 heterocycles. The Bertz CT molecular complexity index is 242. The first kappa shape index (κ1) is 15.4. The molecule has 0 spiro atoms. The first-order valence-electron chi connectivity index (χ1n) is 9.06. The minimum absolute atomic E-state index is 0.629. The van der Waals surface area contributed by atoms with E-state index in [2.05, 4.69) is 18.7 Å². The summed E-state index contributed by atoms with van der Waals surface area (Å²) >= 11 is 0. The van der Waals surface area contributed by atoms with Gasteiger partial charge in [0.25, 0.3) is 0 Å². The number of fused-ring (bicyclic) bond motifs is 3. The van der Waals surface area contributed by atoms with Crippen LogP contribution in [0.4, 0.5) is 0 Å². The number of rotatable bonds is 9. The maximum absolute atomic E-state index is 2.90. The zero-order valence-corrected chi connectivity index (χ0v) is 13.4. The van der Waals surface area contributed by atoms with Crippen LogP contribution in [0.3, 0.4) is 0 Å². The van der Waals surface area contributed by atoms with E-state index in [1.54, 1.807) is 0 Å². The van der Waals surface area contributed by atoms with Gasteiger partial charge in [0.2, 0.25) is 0 Å². The first-order valence-corrected chi connectivity index (χ1v) is 9.06. The molecule has 112 valence electrons. The van der Waals surface area contributed by atoms with Crippen molar-refractivity contribution in [2.24, 2.45) is 5.92 Å². The Morgan fingerprint density at radius 2 is 1.42 bits per heavy atom. The predicted octanol–water partition coefficient (Wildman–Crippen LogP) is 5.39. The van der Waals surface area contributed by atoms with E-state index >= 15 is 0 Å². The highest BCUT2D eigenvalue weighted by atomic mass is 15.2. The van der Waals surface area contributed by atoms with Gasteiger partial charge in [-0.15, -0.1) is 0 Å². The van der Waals surface area contributed by atoms with Crippen molar-refractivity contribution >= 4 is 0 Å². The van der Waals surface area contributed by atoms with Crippen molar-refractivity contribution in [3.05, 3.63) is 0 Å². The van der Waals surface area contributed by atoms with Crippen molar-refractivity contribution in [3.63, 3.8) is 0 Å². The molecule has 0 radical (unpaired) electrons. The second kappa shape index (κ2) is 7.67. The molecular weight excluding hydrogens is 230 g/mol. The SMILES string of the molecule is CCCCCCC1(CCCCC)CC2CCN1CC2. The van der Waals surface area contributed by atoms with Gasteiger partial charge in [0, 0.05) is 5.54 Å². The standard InChI is InChI=1S/C18H35N/c1-3-5-7-9-13-18(12-8-6-4-2)16-17-10-14-19(18)15-11-17/h17H,3-16H2,1-2H3. The van der Waals surface area contributed by atoms with Gasteiger partial charge in [-0.25, -0.2) is 0 Å². The Labute approximate surface area is 121 Å². The lowest BCUT2D eigenvalue weighted by Gasteiger charge is -2.55. The van der Waals surface area contributed by atoms with Crippen molar-refractivity contribution < 1.29 is 0 Å². The summed E-state index contributed by atoms with van der Waals surface area (Å²) in [5.74, 6) is 1.07. The smallest absolute Gasteiger partial charge is 0.0212 e. The van der Waals surface area contributed by atoms with E-state index in [1.807, 2.05) is 0 Å². The third kappa shape index (κ3) is 3.97. The number of piperidine rings is 3. The minimum atomic E-state index is 0.629. The van der Waals surface area contributed by atoms with Crippen LogP contribution in [0.25, 0.3) is 0 Å². The molecule has 1 atom stereocenters. The minimum Gasteiger partial charge on any atom is -0.298 e. The predicted molar refractivity (Wildman–Crippen MR) is 84.5 cm³/mol. The van der Waals surface area contributed by atoms with E-state index in [4.69, 9.17) is 0 Å². The fourth-order valence-corrected chi connectivity index (χ4v) is 4.51. The van der Waals surface area contributed by atoms with Crippen molar-refractivity contribution in [1.29, 1.82) is 0 Å². The van der Waals surface area contributed by atoms with Crippen LogP contribution in [-0.2, 0) is 0 Å². The van der Waals surface area contributed by atoms with E-state index in [-0.39, 0.29) is 0 Å². The van der Waals surface area contributed by atoms with Crippen molar-refractivity contribution in [3.8, 4) is 0 Å². The quantitative estimate of drug-likeness (QED) is 0.505. The number of unbranched alkanes of at least 4 members (excludes halogenated alkanes) is 5. The highest BCUT2D eigenvalue weighted by molar-refractivity contribution is 4.99. The Balaban J connectivity index is 1.88. The van der Waals surface area contributed by atoms with Gasteiger partial charge >= 0.3 is 0 Å². The van der Waals surface area contributed by atoms with Crippen molar-refractivity contribution in [2.75, 3.05) is 13.1 Å². The second-order valence-electron chi connectivity index (χ2n) is 7.13. The Morgan fingerprint density at radius 3 is 1.95 bits per heavy atom. The molecule has 0 saturated carbocycles. The van der Waals surface area contributed by atoms with Gasteiger partial charge in [-0.1, -0.05) is 58.8 Å². The summed E-state index contributed by atoms with van der Waals surface area (Å²) in [5, 5.41) is 0. The summed E-state index contributed by atoms with van der Waals surface area (Å²) in [4.78, 5) is 2.90. The maximum Gasteiger partial charge on any atom is 0.0212 e. The van der Waals surface area contributed by atoms with Gasteiger partial charge in [0.15, 0.2) is 0 Å². The zero-order valence-electron chi connectivity index (χ0n) is 13.4. The molecule has 0 N–H and O–H groups in total. The summed E-state index contributed by atoms with van der Waals surface area (Å²) in [7, 11) is 0. The number of hydrogen-bond donors (Lipinski definition) is 0. The molecule has 0 aromatic carbocycles. The van der Waals surface area contributed by atoms with Crippen LogP contribution >= 0.6 is 0 Å². The normalized spacial score (nSPS) is 33.8. The van der Waals surface area contributed by atoms with Crippen molar-refractivity contribution in [2.45, 2.75) is 96.4 Å². The highest BCUT2D eigenvalue weighted by Crippen LogP contribution is 2.44. The zero-order chi connectivity index (χ0) is 13.6. The fraction of sp³-hybridized carbons (Fsp3) is 1.00. The van der Waals surface area contributed by atoms with E-state index in [0.717, 1.165) is 5.92 Å². The highest BCUT2D eigenvalue weighted by Gasteiger charge is 2.44. The Morgan fingerprint density at radius 1 is 0.842 bits per heavy atom. The number of hydrogen-bond acceptors (Lipinski definition) is 1. The third-order valence-electron chi connectivity index (χ3n) is 5.70. The average molecular weight is 265 g/mol. The molecule has 2 bridgehead atoms. The molecule has 3 aliphatic rings. The van der Waals surface area contributed by atoms with Gasteiger partial charge in [-0.05, 0) is 51.1 Å². The summed E-state index contributed by atoms with van der Waals surface area (Å²) < 4.78 is 0. The lowest BCUT2D eigenvalue weighted by molar-refractivity contribution is -0.0427. The molecule has 0 amide bonds. The maximum atomic E-state index is 2.90. The molecule has 0 aromatic rings. The molecular formula is C18H35N. The van der Waals surface area contributed by atoms with Crippen LogP contribution in [0, 0.1) is 5.92 Å². The van der Waals surface area contributed by atoms with Gasteiger partial charge in [-0.2, -0.15) is 0 Å². The van der Waals surface area contributed by atoms with Crippen LogP contribution in [0.15, 0.2) is 0 Å². The van der Waals surface area contributed by atoms with Gasteiger partial charge in [0.05, 0.1) is 0 Å².